The van der Waals surface area contributed by atoms with Gasteiger partial charge in [0.2, 0.25) is 0 Å². The first-order chi connectivity index (χ1) is 15.4. The Kier molecular flexibility index (Phi) is 5.85. The number of anilines is 1. The topological polar surface area (TPSA) is 104 Å². The maximum absolute atomic E-state index is 12.9. The lowest BCUT2D eigenvalue weighted by atomic mass is 10.0. The number of hydrogen-bond acceptors (Lipinski definition) is 7. The standard InChI is InChI=1S/C24H21N3O5/c1-14-4-6-16(7-5-14)20-12-19(22-15(2)27-32-23(22)26-20)24(29)31-13-21(28)25-17-8-10-18(30-3)11-9-17/h4-12H,13H2,1-3H3,(H,25,28). The monoisotopic (exact) mass is 431 g/mol. The van der Waals surface area contributed by atoms with Crippen molar-refractivity contribution in [3.8, 4) is 17.0 Å². The maximum Gasteiger partial charge on any atom is 0.339 e. The number of esters is 1. The molecule has 0 spiro atoms. The number of rotatable bonds is 6. The van der Waals surface area contributed by atoms with E-state index >= 15 is 0 Å². The summed E-state index contributed by atoms with van der Waals surface area (Å²) in [6.07, 6.45) is 0. The Bertz CT molecular complexity index is 1280. The number of carbonyl (C=O) groups is 2. The highest BCUT2D eigenvalue weighted by molar-refractivity contribution is 6.05. The second kappa shape index (κ2) is 8.89. The Labute approximate surface area is 184 Å². The fraction of sp³-hybridized carbons (Fsp3) is 0.167. The van der Waals surface area contributed by atoms with Crippen LogP contribution < -0.4 is 10.1 Å². The number of aromatic nitrogens is 2. The molecule has 0 aliphatic heterocycles. The molecule has 0 aliphatic rings. The predicted molar refractivity (Wildman–Crippen MR) is 119 cm³/mol. The quantitative estimate of drug-likeness (QED) is 0.454. The minimum Gasteiger partial charge on any atom is -0.497 e. The van der Waals surface area contributed by atoms with Gasteiger partial charge < -0.3 is 19.3 Å². The molecule has 2 aromatic heterocycles. The fourth-order valence-electron chi connectivity index (χ4n) is 3.21. The van der Waals surface area contributed by atoms with Crippen molar-refractivity contribution in [3.05, 3.63) is 71.4 Å². The highest BCUT2D eigenvalue weighted by Gasteiger charge is 2.21. The Hall–Kier alpha value is -4.20. The van der Waals surface area contributed by atoms with E-state index in [1.807, 2.05) is 31.2 Å². The third-order valence-corrected chi connectivity index (χ3v) is 4.89. The molecule has 4 aromatic rings. The van der Waals surface area contributed by atoms with Crippen molar-refractivity contribution in [2.45, 2.75) is 13.8 Å². The number of hydrogen-bond donors (Lipinski definition) is 1. The maximum atomic E-state index is 12.9. The summed E-state index contributed by atoms with van der Waals surface area (Å²) < 4.78 is 15.7. The third-order valence-electron chi connectivity index (χ3n) is 4.89. The Morgan fingerprint density at radius 3 is 2.44 bits per heavy atom. The van der Waals surface area contributed by atoms with E-state index < -0.39 is 18.5 Å². The highest BCUT2D eigenvalue weighted by atomic mass is 16.5. The molecule has 0 radical (unpaired) electrons. The number of ether oxygens (including phenoxy) is 2. The summed E-state index contributed by atoms with van der Waals surface area (Å²) in [4.78, 5) is 29.6. The van der Waals surface area contributed by atoms with Crippen molar-refractivity contribution < 1.29 is 23.6 Å². The molecular weight excluding hydrogens is 410 g/mol. The van der Waals surface area contributed by atoms with Crippen LogP contribution in [0.4, 0.5) is 5.69 Å². The summed E-state index contributed by atoms with van der Waals surface area (Å²) in [6.45, 7) is 3.26. The molecule has 0 saturated carbocycles. The van der Waals surface area contributed by atoms with Crippen LogP contribution in [-0.2, 0) is 9.53 Å². The number of benzene rings is 2. The Morgan fingerprint density at radius 1 is 1.03 bits per heavy atom. The van der Waals surface area contributed by atoms with Crippen LogP contribution in [0.25, 0.3) is 22.4 Å². The SMILES string of the molecule is COc1ccc(NC(=O)COC(=O)c2cc(-c3ccc(C)cc3)nc3onc(C)c23)cc1. The van der Waals surface area contributed by atoms with E-state index in [1.165, 1.54) is 0 Å². The van der Waals surface area contributed by atoms with Crippen molar-refractivity contribution >= 4 is 28.7 Å². The van der Waals surface area contributed by atoms with Gasteiger partial charge in [0.1, 0.15) is 5.75 Å². The van der Waals surface area contributed by atoms with Crippen molar-refractivity contribution in [2.24, 2.45) is 0 Å². The summed E-state index contributed by atoms with van der Waals surface area (Å²) in [5, 5.41) is 7.05. The molecule has 0 fully saturated rings. The molecule has 0 aliphatic carbocycles. The van der Waals surface area contributed by atoms with Crippen LogP contribution in [0.1, 0.15) is 21.6 Å². The summed E-state index contributed by atoms with van der Waals surface area (Å²) in [5.41, 5.74) is 4.01. The summed E-state index contributed by atoms with van der Waals surface area (Å²) >= 11 is 0. The molecule has 1 amide bonds. The van der Waals surface area contributed by atoms with Crippen molar-refractivity contribution in [2.75, 3.05) is 19.0 Å². The van der Waals surface area contributed by atoms with E-state index in [0.717, 1.165) is 11.1 Å². The van der Waals surface area contributed by atoms with Gasteiger partial charge in [0, 0.05) is 11.3 Å². The molecule has 0 atom stereocenters. The van der Waals surface area contributed by atoms with E-state index in [2.05, 4.69) is 15.5 Å². The minimum absolute atomic E-state index is 0.232. The number of carbonyl (C=O) groups excluding carboxylic acids is 2. The van der Waals surface area contributed by atoms with Crippen LogP contribution in [0.15, 0.2) is 59.1 Å². The van der Waals surface area contributed by atoms with Gasteiger partial charge in [-0.05, 0) is 44.2 Å². The molecule has 0 bridgehead atoms. The van der Waals surface area contributed by atoms with Crippen molar-refractivity contribution in [1.82, 2.24) is 10.1 Å². The van der Waals surface area contributed by atoms with Gasteiger partial charge in [-0.2, -0.15) is 0 Å². The van der Waals surface area contributed by atoms with Crippen LogP contribution >= 0.6 is 0 Å². The second-order valence-electron chi connectivity index (χ2n) is 7.22. The lowest BCUT2D eigenvalue weighted by Crippen LogP contribution is -2.21. The number of aryl methyl sites for hydroxylation is 2. The molecule has 2 aromatic carbocycles. The molecule has 4 rings (SSSR count). The van der Waals surface area contributed by atoms with E-state index in [9.17, 15) is 9.59 Å². The van der Waals surface area contributed by atoms with Crippen LogP contribution in [0.5, 0.6) is 5.75 Å². The molecule has 1 N–H and O–H groups in total. The van der Waals surface area contributed by atoms with Gasteiger partial charge in [0.15, 0.2) is 6.61 Å². The summed E-state index contributed by atoms with van der Waals surface area (Å²) in [6, 6.07) is 16.2. The number of methoxy groups -OCH3 is 1. The molecule has 8 nitrogen and oxygen atoms in total. The molecule has 0 saturated heterocycles. The van der Waals surface area contributed by atoms with E-state index in [0.29, 0.717) is 28.2 Å². The normalized spacial score (nSPS) is 10.7. The first-order valence-corrected chi connectivity index (χ1v) is 9.89. The number of fused-ring (bicyclic) bond motifs is 1. The van der Waals surface area contributed by atoms with E-state index in [1.54, 1.807) is 44.4 Å². The Balaban J connectivity index is 1.53. The van der Waals surface area contributed by atoms with Crippen molar-refractivity contribution in [1.29, 1.82) is 0 Å². The molecule has 2 heterocycles. The van der Waals surface area contributed by atoms with Crippen molar-refractivity contribution in [3.63, 3.8) is 0 Å². The minimum atomic E-state index is -0.665. The third kappa shape index (κ3) is 4.44. The van der Waals surface area contributed by atoms with Gasteiger partial charge in [0.05, 0.1) is 29.4 Å². The first-order valence-electron chi connectivity index (χ1n) is 9.89. The molecule has 32 heavy (non-hydrogen) atoms. The van der Waals surface area contributed by atoms with Gasteiger partial charge in [-0.1, -0.05) is 35.0 Å². The zero-order chi connectivity index (χ0) is 22.7. The zero-order valence-electron chi connectivity index (χ0n) is 17.8. The summed E-state index contributed by atoms with van der Waals surface area (Å²) in [5.74, 6) is -0.457. The summed E-state index contributed by atoms with van der Waals surface area (Å²) in [7, 11) is 1.56. The largest absolute Gasteiger partial charge is 0.497 e. The van der Waals surface area contributed by atoms with Gasteiger partial charge in [-0.25, -0.2) is 9.78 Å². The molecule has 162 valence electrons. The second-order valence-corrected chi connectivity index (χ2v) is 7.22. The average Bonchev–Trinajstić information content (AvgIpc) is 3.18. The fourth-order valence-corrected chi connectivity index (χ4v) is 3.21. The van der Waals surface area contributed by atoms with Gasteiger partial charge in [-0.3, -0.25) is 4.79 Å². The highest BCUT2D eigenvalue weighted by Crippen LogP contribution is 2.27. The van der Waals surface area contributed by atoms with Gasteiger partial charge in [-0.15, -0.1) is 0 Å². The number of nitrogens with one attached hydrogen (secondary N) is 1. The van der Waals surface area contributed by atoms with E-state index in [-0.39, 0.29) is 11.3 Å². The Morgan fingerprint density at radius 2 is 1.75 bits per heavy atom. The average molecular weight is 431 g/mol. The number of amides is 1. The van der Waals surface area contributed by atoms with Crippen LogP contribution in [-0.4, -0.2) is 35.7 Å². The van der Waals surface area contributed by atoms with Gasteiger partial charge in [0.25, 0.3) is 11.6 Å². The molecule has 0 unspecified atom stereocenters. The lowest BCUT2D eigenvalue weighted by molar-refractivity contribution is -0.119. The number of nitrogens with zero attached hydrogens (tertiary/aromatic N) is 2. The zero-order valence-corrected chi connectivity index (χ0v) is 17.8. The van der Waals surface area contributed by atoms with E-state index in [4.69, 9.17) is 14.0 Å². The number of pyridine rings is 1. The van der Waals surface area contributed by atoms with Crippen LogP contribution in [0.3, 0.4) is 0 Å². The van der Waals surface area contributed by atoms with Crippen LogP contribution in [0.2, 0.25) is 0 Å². The molecular formula is C24H21N3O5. The predicted octanol–water partition coefficient (Wildman–Crippen LogP) is 4.31. The lowest BCUT2D eigenvalue weighted by Gasteiger charge is -2.09. The smallest absolute Gasteiger partial charge is 0.339 e. The molecule has 8 heteroatoms. The van der Waals surface area contributed by atoms with Crippen LogP contribution in [0, 0.1) is 13.8 Å². The van der Waals surface area contributed by atoms with Gasteiger partial charge >= 0.3 is 5.97 Å². The first kappa shape index (κ1) is 21.0.